The number of nitrogens with two attached hydrogens (primary N) is 1. The zero-order valence-electron chi connectivity index (χ0n) is 10.7. The van der Waals surface area contributed by atoms with Crippen LogP contribution in [0.1, 0.15) is 15.9 Å². The number of carboxylic acids is 1. The maximum Gasteiger partial charge on any atom is 0.336 e. The Morgan fingerprint density at radius 1 is 1.52 bits per heavy atom. The lowest BCUT2D eigenvalue weighted by Gasteiger charge is -2.27. The summed E-state index contributed by atoms with van der Waals surface area (Å²) >= 11 is 16.8. The number of rotatable bonds is 4. The monoisotopic (exact) mass is 347 g/mol. The lowest BCUT2D eigenvalue weighted by molar-refractivity contribution is 0.0405. The molecule has 0 bridgehead atoms. The minimum absolute atomic E-state index is 0.0462. The van der Waals surface area contributed by atoms with Crippen LogP contribution in [0.15, 0.2) is 17.1 Å². The summed E-state index contributed by atoms with van der Waals surface area (Å²) in [5, 5.41) is 12.5. The van der Waals surface area contributed by atoms with Crippen molar-refractivity contribution < 1.29 is 9.90 Å². The Hall–Kier alpha value is -1.29. The van der Waals surface area contributed by atoms with Gasteiger partial charge in [0.05, 0.1) is 21.1 Å². The van der Waals surface area contributed by atoms with Crippen LogP contribution < -0.4 is 11.2 Å². The summed E-state index contributed by atoms with van der Waals surface area (Å²) in [7, 11) is 1.64. The minimum Gasteiger partial charge on any atom is -0.478 e. The molecule has 0 saturated carbocycles. The van der Waals surface area contributed by atoms with E-state index in [1.54, 1.807) is 7.05 Å². The number of carboxylic acid groups (broad SMARTS) is 1. The van der Waals surface area contributed by atoms with Crippen molar-refractivity contribution >= 4 is 52.7 Å². The van der Waals surface area contributed by atoms with Gasteiger partial charge in [-0.3, -0.25) is 5.73 Å². The third-order valence-electron chi connectivity index (χ3n) is 2.81. The van der Waals surface area contributed by atoms with Crippen LogP contribution in [0.4, 0.5) is 0 Å². The highest BCUT2D eigenvalue weighted by Gasteiger charge is 2.33. The number of aliphatic imine (C=N–C) groups is 1. The van der Waals surface area contributed by atoms with E-state index in [0.717, 1.165) is 0 Å². The van der Waals surface area contributed by atoms with E-state index in [9.17, 15) is 9.90 Å². The second-order valence-electron chi connectivity index (χ2n) is 4.00. The van der Waals surface area contributed by atoms with Crippen molar-refractivity contribution in [2.24, 2.45) is 10.7 Å². The minimum atomic E-state index is -1.16. The predicted octanol–water partition coefficient (Wildman–Crippen LogP) is 1.30. The summed E-state index contributed by atoms with van der Waals surface area (Å²) in [5.74, 6) is -0.894. The molecule has 2 rings (SSSR count). The molecule has 1 heterocycles. The van der Waals surface area contributed by atoms with Crippen molar-refractivity contribution in [3.8, 4) is 0 Å². The van der Waals surface area contributed by atoms with Crippen LogP contribution >= 0.6 is 35.4 Å². The fourth-order valence-corrected chi connectivity index (χ4v) is 2.44. The van der Waals surface area contributed by atoms with Gasteiger partial charge in [-0.05, 0) is 12.1 Å². The van der Waals surface area contributed by atoms with Crippen molar-refractivity contribution in [1.29, 1.82) is 0 Å². The van der Waals surface area contributed by atoms with E-state index in [4.69, 9.17) is 41.2 Å². The molecule has 0 radical (unpaired) electrons. The summed E-state index contributed by atoms with van der Waals surface area (Å²) in [4.78, 5) is 15.6. The number of benzene rings is 1. The van der Waals surface area contributed by atoms with E-state index >= 15 is 0 Å². The second-order valence-corrected chi connectivity index (χ2v) is 5.03. The maximum atomic E-state index is 11.4. The van der Waals surface area contributed by atoms with Gasteiger partial charge in [0.2, 0.25) is 0 Å². The standard InChI is InChI=1S/C11H11Cl2N5O2S/c1-15-18-11(14)16-9(17(18)4-21)5-2-7(12)8(13)3-6(5)10(19)20/h2-4,11,15H,14H2,1H3,(H,19,20). The first kappa shape index (κ1) is 16.1. The Morgan fingerprint density at radius 2 is 2.14 bits per heavy atom. The van der Waals surface area contributed by atoms with Crippen LogP contribution in [0.5, 0.6) is 0 Å². The first-order valence-electron chi connectivity index (χ1n) is 5.67. The van der Waals surface area contributed by atoms with E-state index in [-0.39, 0.29) is 27.0 Å². The van der Waals surface area contributed by atoms with E-state index < -0.39 is 12.3 Å². The predicted molar refractivity (Wildman–Crippen MR) is 84.3 cm³/mol. The third kappa shape index (κ3) is 2.86. The second kappa shape index (κ2) is 6.22. The van der Waals surface area contributed by atoms with Gasteiger partial charge >= 0.3 is 5.97 Å². The molecule has 4 N–H and O–H groups in total. The molecule has 0 aromatic heterocycles. The van der Waals surface area contributed by atoms with Gasteiger partial charge in [-0.2, -0.15) is 0 Å². The molecular weight excluding hydrogens is 337 g/mol. The Labute approximate surface area is 135 Å². The number of hydrazine groups is 2. The van der Waals surface area contributed by atoms with Gasteiger partial charge < -0.3 is 5.11 Å². The molecule has 1 aliphatic rings. The Kier molecular flexibility index (Phi) is 4.77. The molecule has 0 fully saturated rings. The van der Waals surface area contributed by atoms with Crippen molar-refractivity contribution in [1.82, 2.24) is 15.6 Å². The molecule has 0 saturated heterocycles. The highest BCUT2D eigenvalue weighted by Crippen LogP contribution is 2.28. The van der Waals surface area contributed by atoms with Crippen molar-refractivity contribution in [3.63, 3.8) is 0 Å². The number of aromatic carboxylic acids is 1. The van der Waals surface area contributed by atoms with Crippen LogP contribution in [0.2, 0.25) is 10.0 Å². The van der Waals surface area contributed by atoms with Crippen LogP contribution in [0.3, 0.4) is 0 Å². The molecule has 1 aromatic carbocycles. The van der Waals surface area contributed by atoms with E-state index in [1.165, 1.54) is 27.8 Å². The molecular formula is C11H11Cl2N5O2S. The molecule has 1 aromatic rings. The van der Waals surface area contributed by atoms with Crippen LogP contribution in [-0.2, 0) is 0 Å². The average Bonchev–Trinajstić information content (AvgIpc) is 2.76. The topological polar surface area (TPSA) is 94.2 Å². The maximum absolute atomic E-state index is 11.4. The third-order valence-corrected chi connectivity index (χ3v) is 3.74. The molecule has 10 heteroatoms. The molecule has 1 atom stereocenters. The van der Waals surface area contributed by atoms with E-state index in [0.29, 0.717) is 0 Å². The van der Waals surface area contributed by atoms with Gasteiger partial charge in [0.15, 0.2) is 12.1 Å². The number of nitrogens with one attached hydrogen (secondary N) is 1. The van der Waals surface area contributed by atoms with Crippen molar-refractivity contribution in [3.05, 3.63) is 33.3 Å². The molecule has 0 spiro atoms. The van der Waals surface area contributed by atoms with E-state index in [1.807, 2.05) is 0 Å². The Morgan fingerprint density at radius 3 is 2.67 bits per heavy atom. The van der Waals surface area contributed by atoms with Gasteiger partial charge in [0.25, 0.3) is 0 Å². The average molecular weight is 348 g/mol. The highest BCUT2D eigenvalue weighted by molar-refractivity contribution is 7.78. The van der Waals surface area contributed by atoms with Crippen LogP contribution in [-0.4, -0.2) is 45.9 Å². The van der Waals surface area contributed by atoms with E-state index in [2.05, 4.69) is 10.4 Å². The molecule has 21 heavy (non-hydrogen) atoms. The number of hydrogen-bond acceptors (Lipinski definition) is 6. The number of thiocarbonyl (C=S) groups is 1. The molecule has 0 amide bonds. The smallest absolute Gasteiger partial charge is 0.336 e. The Bertz CT molecular complexity index is 639. The van der Waals surface area contributed by atoms with Gasteiger partial charge in [0.1, 0.15) is 0 Å². The summed E-state index contributed by atoms with van der Waals surface area (Å²) < 4.78 is 0. The largest absolute Gasteiger partial charge is 0.478 e. The molecule has 112 valence electrons. The Balaban J connectivity index is 2.61. The number of amidine groups is 1. The summed E-state index contributed by atoms with van der Waals surface area (Å²) in [6, 6.07) is 2.68. The van der Waals surface area contributed by atoms with Crippen LogP contribution in [0.25, 0.3) is 0 Å². The van der Waals surface area contributed by atoms with Gasteiger partial charge in [0, 0.05) is 12.6 Å². The quantitative estimate of drug-likeness (QED) is 0.706. The van der Waals surface area contributed by atoms with Gasteiger partial charge in [-0.15, -0.1) is 5.12 Å². The fourth-order valence-electron chi connectivity index (χ4n) is 1.91. The number of nitrogens with zero attached hydrogens (tertiary/aromatic N) is 3. The summed E-state index contributed by atoms with van der Waals surface area (Å²) in [6.45, 7) is 0. The number of hydrogen-bond donors (Lipinski definition) is 3. The van der Waals surface area contributed by atoms with Crippen molar-refractivity contribution in [2.75, 3.05) is 7.05 Å². The number of halogens is 2. The summed E-state index contributed by atoms with van der Waals surface area (Å²) in [5.41, 5.74) is 10.2. The fraction of sp³-hybridized carbons (Fsp3) is 0.182. The molecule has 7 nitrogen and oxygen atoms in total. The number of carbonyl (C=O) groups is 1. The lowest BCUT2D eigenvalue weighted by Crippen LogP contribution is -2.53. The first-order chi connectivity index (χ1) is 9.90. The zero-order valence-corrected chi connectivity index (χ0v) is 13.1. The molecule has 0 aliphatic carbocycles. The zero-order chi connectivity index (χ0) is 15.7. The van der Waals surface area contributed by atoms with Gasteiger partial charge in [-0.1, -0.05) is 35.4 Å². The van der Waals surface area contributed by atoms with Crippen LogP contribution in [0, 0.1) is 0 Å². The normalized spacial score (nSPS) is 18.8. The van der Waals surface area contributed by atoms with Crippen molar-refractivity contribution in [2.45, 2.75) is 6.29 Å². The summed E-state index contributed by atoms with van der Waals surface area (Å²) in [6.07, 6.45) is -0.750. The molecule has 1 unspecified atom stereocenters. The van der Waals surface area contributed by atoms with Gasteiger partial charge in [-0.25, -0.2) is 20.2 Å². The molecule has 1 aliphatic heterocycles. The highest BCUT2D eigenvalue weighted by atomic mass is 35.5. The SMILES string of the molecule is CNN1C(N)N=C(c2cc(Cl)c(Cl)cc2C(=O)O)N1C=S. The first-order valence-corrected chi connectivity index (χ1v) is 6.90. The lowest BCUT2D eigenvalue weighted by atomic mass is 10.1.